The van der Waals surface area contributed by atoms with Crippen molar-refractivity contribution in [3.05, 3.63) is 36.7 Å². The summed E-state index contributed by atoms with van der Waals surface area (Å²) in [6.45, 7) is 0. The lowest BCUT2D eigenvalue weighted by Crippen LogP contribution is -1.86. The smallest absolute Gasteiger partial charge is 0.248 e. The summed E-state index contributed by atoms with van der Waals surface area (Å²) >= 11 is 0. The summed E-state index contributed by atoms with van der Waals surface area (Å²) < 4.78 is 5.55. The standard InChI is InChI=1S/C12H6N4O/c1-3-7-9-12(17-11(7)14-6-1)15-8-4-2-5-13-10(8)16-9/h1-6H. The minimum Gasteiger partial charge on any atom is -0.418 e. The molecule has 0 atom stereocenters. The van der Waals surface area contributed by atoms with E-state index in [1.165, 1.54) is 0 Å². The van der Waals surface area contributed by atoms with Gasteiger partial charge in [0.15, 0.2) is 5.65 Å². The van der Waals surface area contributed by atoms with Crippen LogP contribution in [0.2, 0.25) is 0 Å². The van der Waals surface area contributed by atoms with Gasteiger partial charge < -0.3 is 4.42 Å². The van der Waals surface area contributed by atoms with Crippen LogP contribution in [0.25, 0.3) is 33.5 Å². The molecule has 5 heteroatoms. The van der Waals surface area contributed by atoms with Crippen LogP contribution in [0.15, 0.2) is 41.1 Å². The highest BCUT2D eigenvalue weighted by Crippen LogP contribution is 2.25. The molecule has 0 radical (unpaired) electrons. The molecular formula is C12H6N4O. The Hall–Kier alpha value is -2.56. The third-order valence-corrected chi connectivity index (χ3v) is 2.63. The number of furan rings is 1. The lowest BCUT2D eigenvalue weighted by atomic mass is 10.3. The van der Waals surface area contributed by atoms with Crippen LogP contribution >= 0.6 is 0 Å². The van der Waals surface area contributed by atoms with Crippen molar-refractivity contribution < 1.29 is 4.42 Å². The van der Waals surface area contributed by atoms with Crippen LogP contribution in [0, 0.1) is 0 Å². The highest BCUT2D eigenvalue weighted by molar-refractivity contribution is 6.01. The van der Waals surface area contributed by atoms with E-state index < -0.39 is 0 Å². The quantitative estimate of drug-likeness (QED) is 0.456. The lowest BCUT2D eigenvalue weighted by molar-refractivity contribution is 0.641. The third-order valence-electron chi connectivity index (χ3n) is 2.63. The van der Waals surface area contributed by atoms with E-state index in [9.17, 15) is 0 Å². The second-order valence-electron chi connectivity index (χ2n) is 3.68. The van der Waals surface area contributed by atoms with Crippen molar-refractivity contribution in [2.45, 2.75) is 0 Å². The minimum absolute atomic E-state index is 0.499. The van der Waals surface area contributed by atoms with E-state index in [0.717, 1.165) is 10.9 Å². The zero-order valence-electron chi connectivity index (χ0n) is 8.66. The Morgan fingerprint density at radius 3 is 2.76 bits per heavy atom. The van der Waals surface area contributed by atoms with Gasteiger partial charge in [-0.15, -0.1) is 0 Å². The van der Waals surface area contributed by atoms with Crippen molar-refractivity contribution >= 4 is 33.5 Å². The molecule has 0 aliphatic carbocycles. The fourth-order valence-electron chi connectivity index (χ4n) is 1.87. The first-order valence-corrected chi connectivity index (χ1v) is 5.18. The van der Waals surface area contributed by atoms with E-state index in [1.54, 1.807) is 12.4 Å². The van der Waals surface area contributed by atoms with Crippen molar-refractivity contribution in [1.82, 2.24) is 19.9 Å². The summed E-state index contributed by atoms with van der Waals surface area (Å²) in [5.74, 6) is 0. The molecular weight excluding hydrogens is 216 g/mol. The molecule has 4 aromatic heterocycles. The molecule has 0 saturated carbocycles. The van der Waals surface area contributed by atoms with Crippen LogP contribution in [-0.2, 0) is 0 Å². The minimum atomic E-state index is 0.499. The van der Waals surface area contributed by atoms with Crippen molar-refractivity contribution in [3.8, 4) is 0 Å². The van der Waals surface area contributed by atoms with Crippen LogP contribution in [0.1, 0.15) is 0 Å². The van der Waals surface area contributed by atoms with Gasteiger partial charge in [-0.2, -0.15) is 0 Å². The van der Waals surface area contributed by atoms with Crippen LogP contribution < -0.4 is 0 Å². The van der Waals surface area contributed by atoms with Crippen molar-refractivity contribution in [1.29, 1.82) is 0 Å². The maximum atomic E-state index is 5.55. The average molecular weight is 222 g/mol. The Balaban J connectivity index is 2.28. The van der Waals surface area contributed by atoms with Crippen molar-refractivity contribution in [3.63, 3.8) is 0 Å². The first-order valence-electron chi connectivity index (χ1n) is 5.18. The summed E-state index contributed by atoms with van der Waals surface area (Å²) in [5.41, 5.74) is 3.10. The van der Waals surface area contributed by atoms with E-state index in [0.29, 0.717) is 22.6 Å². The SMILES string of the molecule is c1cnc2nc3c(nc2c1)oc1ncccc13. The topological polar surface area (TPSA) is 64.7 Å². The largest absolute Gasteiger partial charge is 0.418 e. The molecule has 4 rings (SSSR count). The first kappa shape index (κ1) is 8.58. The van der Waals surface area contributed by atoms with E-state index in [1.807, 2.05) is 24.3 Å². The maximum absolute atomic E-state index is 5.55. The van der Waals surface area contributed by atoms with E-state index in [4.69, 9.17) is 4.42 Å². The fraction of sp³-hybridized carbons (Fsp3) is 0. The number of fused-ring (bicyclic) bond motifs is 4. The number of nitrogens with zero attached hydrogens (tertiary/aromatic N) is 4. The Kier molecular flexibility index (Phi) is 1.50. The number of hydrogen-bond acceptors (Lipinski definition) is 5. The highest BCUT2D eigenvalue weighted by Gasteiger charge is 2.11. The average Bonchev–Trinajstić information content (AvgIpc) is 2.73. The zero-order valence-corrected chi connectivity index (χ0v) is 8.66. The zero-order chi connectivity index (χ0) is 11.2. The molecule has 0 unspecified atom stereocenters. The maximum Gasteiger partial charge on any atom is 0.248 e. The molecule has 0 saturated heterocycles. The molecule has 0 aromatic carbocycles. The van der Waals surface area contributed by atoms with Gasteiger partial charge in [0.2, 0.25) is 11.4 Å². The van der Waals surface area contributed by atoms with E-state index in [-0.39, 0.29) is 0 Å². The summed E-state index contributed by atoms with van der Waals surface area (Å²) in [4.78, 5) is 17.2. The van der Waals surface area contributed by atoms with Crippen LogP contribution in [0.5, 0.6) is 0 Å². The van der Waals surface area contributed by atoms with E-state index in [2.05, 4.69) is 19.9 Å². The van der Waals surface area contributed by atoms with Gasteiger partial charge in [-0.05, 0) is 24.3 Å². The van der Waals surface area contributed by atoms with Gasteiger partial charge in [-0.3, -0.25) is 0 Å². The Morgan fingerprint density at radius 2 is 1.76 bits per heavy atom. The summed E-state index contributed by atoms with van der Waals surface area (Å²) in [6.07, 6.45) is 3.38. The van der Waals surface area contributed by atoms with Gasteiger partial charge in [-0.1, -0.05) is 0 Å². The molecule has 0 aliphatic heterocycles. The van der Waals surface area contributed by atoms with Gasteiger partial charge in [-0.25, -0.2) is 19.9 Å². The molecule has 4 aromatic rings. The second-order valence-corrected chi connectivity index (χ2v) is 3.68. The van der Waals surface area contributed by atoms with Crippen LogP contribution in [0.4, 0.5) is 0 Å². The van der Waals surface area contributed by atoms with Crippen molar-refractivity contribution in [2.75, 3.05) is 0 Å². The third kappa shape index (κ3) is 1.13. The van der Waals surface area contributed by atoms with Crippen LogP contribution in [0.3, 0.4) is 0 Å². The van der Waals surface area contributed by atoms with Gasteiger partial charge >= 0.3 is 0 Å². The predicted octanol–water partition coefficient (Wildman–Crippen LogP) is 2.32. The summed E-state index contributed by atoms with van der Waals surface area (Å²) in [5, 5.41) is 0.863. The van der Waals surface area contributed by atoms with Crippen molar-refractivity contribution in [2.24, 2.45) is 0 Å². The van der Waals surface area contributed by atoms with Gasteiger partial charge in [0, 0.05) is 12.4 Å². The van der Waals surface area contributed by atoms with Crippen LogP contribution in [-0.4, -0.2) is 19.9 Å². The molecule has 0 spiro atoms. The molecule has 5 nitrogen and oxygen atoms in total. The Labute approximate surface area is 95.1 Å². The number of hydrogen-bond donors (Lipinski definition) is 0. The molecule has 17 heavy (non-hydrogen) atoms. The lowest BCUT2D eigenvalue weighted by Gasteiger charge is -1.93. The number of aromatic nitrogens is 4. The molecule has 0 fully saturated rings. The molecule has 0 bridgehead atoms. The Morgan fingerprint density at radius 1 is 0.882 bits per heavy atom. The molecule has 0 N–H and O–H groups in total. The second kappa shape index (κ2) is 2.98. The first-order chi connectivity index (χ1) is 8.42. The summed E-state index contributed by atoms with van der Waals surface area (Å²) in [7, 11) is 0. The molecule has 0 amide bonds. The highest BCUT2D eigenvalue weighted by atomic mass is 16.3. The number of pyridine rings is 2. The van der Waals surface area contributed by atoms with Gasteiger partial charge in [0.05, 0.1) is 5.39 Å². The monoisotopic (exact) mass is 222 g/mol. The molecule has 80 valence electrons. The summed E-state index contributed by atoms with van der Waals surface area (Å²) in [6, 6.07) is 7.44. The molecule has 4 heterocycles. The predicted molar refractivity (Wildman–Crippen MR) is 62.4 cm³/mol. The molecule has 0 aliphatic rings. The fourth-order valence-corrected chi connectivity index (χ4v) is 1.87. The normalized spacial score (nSPS) is 11.5. The Bertz CT molecular complexity index is 847. The number of rotatable bonds is 0. The van der Waals surface area contributed by atoms with Gasteiger partial charge in [0.25, 0.3) is 0 Å². The van der Waals surface area contributed by atoms with Gasteiger partial charge in [0.1, 0.15) is 11.0 Å². The van der Waals surface area contributed by atoms with E-state index >= 15 is 0 Å².